The van der Waals surface area contributed by atoms with Crippen molar-refractivity contribution >= 4 is 0 Å². The van der Waals surface area contributed by atoms with Gasteiger partial charge in [-0.05, 0) is 50.4 Å². The first-order valence-electron chi connectivity index (χ1n) is 7.95. The van der Waals surface area contributed by atoms with E-state index in [0.717, 1.165) is 13.2 Å². The van der Waals surface area contributed by atoms with Gasteiger partial charge in [0.25, 0.3) is 0 Å². The molecule has 0 heterocycles. The Labute approximate surface area is 118 Å². The van der Waals surface area contributed by atoms with E-state index in [1.54, 1.807) is 7.11 Å². The summed E-state index contributed by atoms with van der Waals surface area (Å²) in [7, 11) is 3.64. The molecule has 0 aliphatic heterocycles. The van der Waals surface area contributed by atoms with Gasteiger partial charge in [-0.2, -0.15) is 0 Å². The zero-order chi connectivity index (χ0) is 13.5. The lowest BCUT2D eigenvalue weighted by Crippen LogP contribution is -2.30. The molecule has 2 aliphatic carbocycles. The summed E-state index contributed by atoms with van der Waals surface area (Å²) in [5.41, 5.74) is 0. The standard InChI is InChI=1S/C16H30O3/c1-17-11-13-5-4-8-16(10-13)19-12-14-6-3-7-15(9-14)18-2/h13-16H,3-12H2,1-2H3. The van der Waals surface area contributed by atoms with Crippen LogP contribution in [-0.4, -0.2) is 39.6 Å². The van der Waals surface area contributed by atoms with Crippen LogP contribution in [0.5, 0.6) is 0 Å². The Kier molecular flexibility index (Phi) is 6.62. The SMILES string of the molecule is COCC1CCCC(OCC2CCCC(OC)C2)C1. The molecular formula is C16H30O3. The second kappa shape index (κ2) is 8.23. The van der Waals surface area contributed by atoms with Crippen LogP contribution in [0.3, 0.4) is 0 Å². The molecule has 2 rings (SSSR count). The van der Waals surface area contributed by atoms with Crippen LogP contribution < -0.4 is 0 Å². The molecule has 0 N–H and O–H groups in total. The second-order valence-corrected chi connectivity index (χ2v) is 6.33. The van der Waals surface area contributed by atoms with Gasteiger partial charge in [0.05, 0.1) is 12.2 Å². The fourth-order valence-electron chi connectivity index (χ4n) is 3.66. The maximum absolute atomic E-state index is 6.18. The van der Waals surface area contributed by atoms with Crippen molar-refractivity contribution in [3.8, 4) is 0 Å². The summed E-state index contributed by atoms with van der Waals surface area (Å²) in [6, 6.07) is 0. The third-order valence-electron chi connectivity index (χ3n) is 4.77. The Bertz CT molecular complexity index is 242. The van der Waals surface area contributed by atoms with Gasteiger partial charge in [-0.3, -0.25) is 0 Å². The van der Waals surface area contributed by atoms with Crippen molar-refractivity contribution in [2.24, 2.45) is 11.8 Å². The normalized spacial score (nSPS) is 36.3. The van der Waals surface area contributed by atoms with E-state index in [4.69, 9.17) is 14.2 Å². The van der Waals surface area contributed by atoms with Crippen LogP contribution >= 0.6 is 0 Å². The number of hydrogen-bond acceptors (Lipinski definition) is 3. The fourth-order valence-corrected chi connectivity index (χ4v) is 3.66. The summed E-state index contributed by atoms with van der Waals surface area (Å²) in [4.78, 5) is 0. The topological polar surface area (TPSA) is 27.7 Å². The molecule has 2 fully saturated rings. The van der Waals surface area contributed by atoms with E-state index in [1.807, 2.05) is 7.11 Å². The van der Waals surface area contributed by atoms with Crippen LogP contribution in [0.2, 0.25) is 0 Å². The number of ether oxygens (including phenoxy) is 3. The highest BCUT2D eigenvalue weighted by molar-refractivity contribution is 4.76. The van der Waals surface area contributed by atoms with Gasteiger partial charge in [0.1, 0.15) is 0 Å². The van der Waals surface area contributed by atoms with E-state index in [-0.39, 0.29) is 0 Å². The van der Waals surface area contributed by atoms with Gasteiger partial charge >= 0.3 is 0 Å². The highest BCUT2D eigenvalue weighted by Gasteiger charge is 2.26. The van der Waals surface area contributed by atoms with Gasteiger partial charge in [0.15, 0.2) is 0 Å². The molecule has 2 saturated carbocycles. The third kappa shape index (κ3) is 5.05. The Morgan fingerprint density at radius 2 is 1.42 bits per heavy atom. The molecule has 0 spiro atoms. The van der Waals surface area contributed by atoms with Gasteiger partial charge < -0.3 is 14.2 Å². The lowest BCUT2D eigenvalue weighted by atomic mass is 9.86. The molecule has 2 aliphatic rings. The van der Waals surface area contributed by atoms with Crippen molar-refractivity contribution < 1.29 is 14.2 Å². The molecule has 4 atom stereocenters. The van der Waals surface area contributed by atoms with Crippen molar-refractivity contribution in [2.45, 2.75) is 63.6 Å². The zero-order valence-electron chi connectivity index (χ0n) is 12.6. The first kappa shape index (κ1) is 15.3. The summed E-state index contributed by atoms with van der Waals surface area (Å²) in [6.07, 6.45) is 11.0. The maximum atomic E-state index is 6.18. The van der Waals surface area contributed by atoms with E-state index in [0.29, 0.717) is 24.0 Å². The van der Waals surface area contributed by atoms with Crippen molar-refractivity contribution in [2.75, 3.05) is 27.4 Å². The van der Waals surface area contributed by atoms with Crippen LogP contribution in [0.25, 0.3) is 0 Å². The second-order valence-electron chi connectivity index (χ2n) is 6.33. The van der Waals surface area contributed by atoms with Gasteiger partial charge in [-0.25, -0.2) is 0 Å². The van der Waals surface area contributed by atoms with Crippen LogP contribution in [0.4, 0.5) is 0 Å². The molecule has 0 radical (unpaired) electrons. The molecule has 0 bridgehead atoms. The molecule has 3 heteroatoms. The van der Waals surface area contributed by atoms with E-state index in [2.05, 4.69) is 0 Å². The van der Waals surface area contributed by atoms with Gasteiger partial charge in [0, 0.05) is 27.4 Å². The van der Waals surface area contributed by atoms with Gasteiger partial charge in [0.2, 0.25) is 0 Å². The molecule has 4 unspecified atom stereocenters. The van der Waals surface area contributed by atoms with Crippen LogP contribution in [0.15, 0.2) is 0 Å². The Morgan fingerprint density at radius 1 is 0.789 bits per heavy atom. The fraction of sp³-hybridized carbons (Fsp3) is 1.00. The largest absolute Gasteiger partial charge is 0.384 e. The van der Waals surface area contributed by atoms with E-state index < -0.39 is 0 Å². The number of hydrogen-bond donors (Lipinski definition) is 0. The number of methoxy groups -OCH3 is 2. The van der Waals surface area contributed by atoms with E-state index in [9.17, 15) is 0 Å². The van der Waals surface area contributed by atoms with E-state index >= 15 is 0 Å². The zero-order valence-corrected chi connectivity index (χ0v) is 12.6. The molecular weight excluding hydrogens is 240 g/mol. The lowest BCUT2D eigenvalue weighted by Gasteiger charge is -2.32. The van der Waals surface area contributed by atoms with Crippen molar-refractivity contribution in [1.29, 1.82) is 0 Å². The van der Waals surface area contributed by atoms with Crippen LogP contribution in [0, 0.1) is 11.8 Å². The molecule has 0 aromatic carbocycles. The first-order valence-corrected chi connectivity index (χ1v) is 7.95. The average Bonchev–Trinajstić information content (AvgIpc) is 2.46. The molecule has 0 amide bonds. The summed E-state index contributed by atoms with van der Waals surface area (Å²) < 4.78 is 17.0. The van der Waals surface area contributed by atoms with Crippen LogP contribution in [-0.2, 0) is 14.2 Å². The highest BCUT2D eigenvalue weighted by atomic mass is 16.5. The predicted molar refractivity (Wildman–Crippen MR) is 76.3 cm³/mol. The van der Waals surface area contributed by atoms with Crippen molar-refractivity contribution in [3.05, 3.63) is 0 Å². The van der Waals surface area contributed by atoms with Crippen molar-refractivity contribution in [3.63, 3.8) is 0 Å². The molecule has 0 saturated heterocycles. The summed E-state index contributed by atoms with van der Waals surface area (Å²) in [5.74, 6) is 1.42. The maximum Gasteiger partial charge on any atom is 0.0578 e. The first-order chi connectivity index (χ1) is 9.31. The number of rotatable bonds is 6. The summed E-state index contributed by atoms with van der Waals surface area (Å²) >= 11 is 0. The quantitative estimate of drug-likeness (QED) is 0.740. The van der Waals surface area contributed by atoms with Gasteiger partial charge in [-0.15, -0.1) is 0 Å². The minimum absolute atomic E-state index is 0.468. The Morgan fingerprint density at radius 3 is 2.11 bits per heavy atom. The van der Waals surface area contributed by atoms with Crippen molar-refractivity contribution in [1.82, 2.24) is 0 Å². The smallest absolute Gasteiger partial charge is 0.0578 e. The molecule has 0 aromatic rings. The third-order valence-corrected chi connectivity index (χ3v) is 4.77. The Balaban J connectivity index is 1.66. The van der Waals surface area contributed by atoms with Crippen LogP contribution in [0.1, 0.15) is 51.4 Å². The minimum Gasteiger partial charge on any atom is -0.384 e. The Hall–Kier alpha value is -0.120. The minimum atomic E-state index is 0.468. The van der Waals surface area contributed by atoms with Gasteiger partial charge in [-0.1, -0.05) is 12.8 Å². The monoisotopic (exact) mass is 270 g/mol. The molecule has 112 valence electrons. The van der Waals surface area contributed by atoms with E-state index in [1.165, 1.54) is 51.4 Å². The molecule has 3 nitrogen and oxygen atoms in total. The highest BCUT2D eigenvalue weighted by Crippen LogP contribution is 2.30. The summed E-state index contributed by atoms with van der Waals surface area (Å²) in [6.45, 7) is 1.83. The molecule has 19 heavy (non-hydrogen) atoms. The molecule has 0 aromatic heterocycles. The lowest BCUT2D eigenvalue weighted by molar-refractivity contribution is -0.0360. The predicted octanol–water partition coefficient (Wildman–Crippen LogP) is 3.41. The summed E-state index contributed by atoms with van der Waals surface area (Å²) in [5, 5.41) is 0. The average molecular weight is 270 g/mol.